The Morgan fingerprint density at radius 2 is 0.935 bits per heavy atom. The summed E-state index contributed by atoms with van der Waals surface area (Å²) in [5.74, 6) is 0. The van der Waals surface area contributed by atoms with Crippen LogP contribution in [0.25, 0.3) is 0 Å². The lowest BCUT2D eigenvalue weighted by Gasteiger charge is -2.39. The quantitative estimate of drug-likeness (QED) is 0.299. The van der Waals surface area contributed by atoms with Gasteiger partial charge in [-0.3, -0.25) is 0 Å². The molecule has 0 N–H and O–H groups in total. The molecule has 0 saturated heterocycles. The van der Waals surface area contributed by atoms with Crippen molar-refractivity contribution < 1.29 is 21.5 Å². The second-order valence-electron chi connectivity index (χ2n) is 10.7. The molecule has 0 amide bonds. The number of rotatable bonds is 14. The van der Waals surface area contributed by atoms with Crippen LogP contribution in [0.3, 0.4) is 0 Å². The van der Waals surface area contributed by atoms with Crippen LogP contribution in [0.15, 0.2) is 30.3 Å². The smallest absolute Gasteiger partial charge is 0.456 e. The van der Waals surface area contributed by atoms with Crippen LogP contribution in [0.5, 0.6) is 0 Å². The SMILES string of the molecule is CO[Si](CC[Si](C)(C)O[Si](C)(C)CC[Si](C)(C)O[Si](C)(C)c1ccccc1)(OC)OC. The third kappa shape index (κ3) is 9.86. The monoisotopic (exact) mass is 518 g/mol. The molecular formula is C21H46O5Si5. The summed E-state index contributed by atoms with van der Waals surface area (Å²) in [6.45, 7) is 18.7. The minimum atomic E-state index is -2.55. The number of hydrogen-bond donors (Lipinski definition) is 0. The van der Waals surface area contributed by atoms with Gasteiger partial charge in [-0.2, -0.15) is 0 Å². The Balaban J connectivity index is 2.69. The van der Waals surface area contributed by atoms with Gasteiger partial charge in [0.15, 0.2) is 25.0 Å². The van der Waals surface area contributed by atoms with E-state index in [1.807, 2.05) is 0 Å². The van der Waals surface area contributed by atoms with Crippen molar-refractivity contribution in [3.05, 3.63) is 30.3 Å². The first kappa shape index (κ1) is 29.1. The fourth-order valence-electron chi connectivity index (χ4n) is 4.10. The predicted octanol–water partition coefficient (Wildman–Crippen LogP) is 5.63. The fraction of sp³-hybridized carbons (Fsp3) is 0.714. The van der Waals surface area contributed by atoms with E-state index < -0.39 is 42.1 Å². The summed E-state index contributed by atoms with van der Waals surface area (Å²) < 4.78 is 30.6. The minimum Gasteiger partial charge on any atom is -0.456 e. The van der Waals surface area contributed by atoms with Crippen LogP contribution in [0.2, 0.25) is 76.6 Å². The van der Waals surface area contributed by atoms with E-state index >= 15 is 0 Å². The molecule has 1 aromatic rings. The minimum absolute atomic E-state index is 0.806. The third-order valence-electron chi connectivity index (χ3n) is 5.85. The van der Waals surface area contributed by atoms with Crippen molar-refractivity contribution in [2.45, 2.75) is 76.6 Å². The van der Waals surface area contributed by atoms with Gasteiger partial charge in [0.05, 0.1) is 0 Å². The standard InChI is InChI=1S/C21H46O5Si5/c1-22-31(23-2,24-3)20-19-28(6,7)25-27(4,5)17-18-29(8,9)26-30(10,11)21-15-13-12-14-16-21/h12-16H,17-20H2,1-11H3. The van der Waals surface area contributed by atoms with Gasteiger partial charge in [0.25, 0.3) is 0 Å². The summed E-state index contributed by atoms with van der Waals surface area (Å²) in [6, 6.07) is 14.8. The molecule has 0 spiro atoms. The van der Waals surface area contributed by atoms with E-state index in [0.29, 0.717) is 0 Å². The summed E-state index contributed by atoms with van der Waals surface area (Å²) in [4.78, 5) is 0. The van der Waals surface area contributed by atoms with Gasteiger partial charge in [-0.1, -0.05) is 30.3 Å². The fourth-order valence-corrected chi connectivity index (χ4v) is 27.9. The zero-order valence-electron chi connectivity index (χ0n) is 21.8. The first-order chi connectivity index (χ1) is 14.1. The maximum Gasteiger partial charge on any atom is 0.499 e. The van der Waals surface area contributed by atoms with Crippen molar-refractivity contribution in [3.63, 3.8) is 0 Å². The number of hydrogen-bond acceptors (Lipinski definition) is 5. The van der Waals surface area contributed by atoms with Crippen molar-refractivity contribution in [1.29, 1.82) is 0 Å². The summed E-state index contributed by atoms with van der Waals surface area (Å²) in [6.07, 6.45) is 0. The Hall–Kier alpha value is 0.104. The second kappa shape index (κ2) is 11.5. The van der Waals surface area contributed by atoms with Crippen molar-refractivity contribution in [2.24, 2.45) is 0 Å². The molecule has 10 heteroatoms. The normalized spacial score (nSPS) is 14.2. The van der Waals surface area contributed by atoms with Gasteiger partial charge in [0, 0.05) is 27.4 Å². The first-order valence-electron chi connectivity index (χ1n) is 11.2. The van der Waals surface area contributed by atoms with E-state index in [-0.39, 0.29) is 0 Å². The van der Waals surface area contributed by atoms with E-state index in [2.05, 4.69) is 82.7 Å². The average molecular weight is 519 g/mol. The Kier molecular flexibility index (Phi) is 10.8. The van der Waals surface area contributed by atoms with E-state index in [0.717, 1.165) is 24.2 Å². The van der Waals surface area contributed by atoms with Crippen LogP contribution in [-0.4, -0.2) is 63.4 Å². The molecule has 0 saturated carbocycles. The molecule has 0 heterocycles. The molecule has 0 aliphatic rings. The van der Waals surface area contributed by atoms with Crippen molar-refractivity contribution >= 4 is 47.3 Å². The van der Waals surface area contributed by atoms with Crippen molar-refractivity contribution in [1.82, 2.24) is 0 Å². The van der Waals surface area contributed by atoms with E-state index in [1.165, 1.54) is 5.19 Å². The third-order valence-corrected chi connectivity index (χ3v) is 24.3. The summed E-state index contributed by atoms with van der Waals surface area (Å²) >= 11 is 0. The van der Waals surface area contributed by atoms with Crippen LogP contribution < -0.4 is 5.19 Å². The lowest BCUT2D eigenvalue weighted by molar-refractivity contribution is 0.125. The highest BCUT2D eigenvalue weighted by molar-refractivity contribution is 6.93. The molecule has 0 aliphatic carbocycles. The largest absolute Gasteiger partial charge is 0.499 e. The summed E-state index contributed by atoms with van der Waals surface area (Å²) in [5.41, 5.74) is 0. The molecule has 0 aromatic heterocycles. The molecular weight excluding hydrogens is 473 g/mol. The van der Waals surface area contributed by atoms with Crippen LogP contribution in [0, 0.1) is 0 Å². The van der Waals surface area contributed by atoms with E-state index in [4.69, 9.17) is 21.5 Å². The molecule has 0 unspecified atom stereocenters. The van der Waals surface area contributed by atoms with Gasteiger partial charge in [0.1, 0.15) is 0 Å². The number of benzene rings is 1. The molecule has 5 nitrogen and oxygen atoms in total. The van der Waals surface area contributed by atoms with Gasteiger partial charge >= 0.3 is 8.80 Å². The van der Waals surface area contributed by atoms with Crippen molar-refractivity contribution in [3.8, 4) is 0 Å². The zero-order valence-corrected chi connectivity index (χ0v) is 26.8. The Bertz CT molecular complexity index is 655. The van der Waals surface area contributed by atoms with Gasteiger partial charge < -0.3 is 21.5 Å². The molecule has 0 radical (unpaired) electrons. The highest BCUT2D eigenvalue weighted by atomic mass is 28.4. The highest BCUT2D eigenvalue weighted by Gasteiger charge is 2.43. The highest BCUT2D eigenvalue weighted by Crippen LogP contribution is 2.30. The van der Waals surface area contributed by atoms with Gasteiger partial charge in [-0.25, -0.2) is 0 Å². The lowest BCUT2D eigenvalue weighted by atomic mass is 10.4. The topological polar surface area (TPSA) is 46.2 Å². The average Bonchev–Trinajstić information content (AvgIpc) is 2.67. The molecule has 0 atom stereocenters. The van der Waals surface area contributed by atoms with Crippen molar-refractivity contribution in [2.75, 3.05) is 21.3 Å². The van der Waals surface area contributed by atoms with E-state index in [9.17, 15) is 0 Å². The second-order valence-corrected chi connectivity index (χ2v) is 31.0. The van der Waals surface area contributed by atoms with Crippen LogP contribution in [0.1, 0.15) is 0 Å². The Labute approximate surface area is 196 Å². The molecule has 0 fully saturated rings. The summed E-state index contributed by atoms with van der Waals surface area (Å²) in [7, 11) is -4.85. The molecule has 1 aromatic carbocycles. The van der Waals surface area contributed by atoms with Crippen LogP contribution >= 0.6 is 0 Å². The van der Waals surface area contributed by atoms with Gasteiger partial charge in [-0.15, -0.1) is 0 Å². The van der Waals surface area contributed by atoms with Crippen LogP contribution in [0.4, 0.5) is 0 Å². The van der Waals surface area contributed by atoms with Gasteiger partial charge in [-0.05, 0) is 75.7 Å². The van der Waals surface area contributed by atoms with Gasteiger partial charge in [0.2, 0.25) is 8.32 Å². The maximum atomic E-state index is 6.88. The zero-order chi connectivity index (χ0) is 24.0. The lowest BCUT2D eigenvalue weighted by Crippen LogP contribution is -2.53. The Morgan fingerprint density at radius 1 is 0.548 bits per heavy atom. The summed E-state index contributed by atoms with van der Waals surface area (Å²) in [5, 5.41) is 1.37. The molecule has 0 bridgehead atoms. The van der Waals surface area contributed by atoms with Crippen LogP contribution in [-0.2, 0) is 21.5 Å². The molecule has 1 rings (SSSR count). The predicted molar refractivity (Wildman–Crippen MR) is 144 cm³/mol. The molecule has 0 aliphatic heterocycles. The maximum absolute atomic E-state index is 6.88. The Morgan fingerprint density at radius 3 is 1.35 bits per heavy atom. The first-order valence-corrected chi connectivity index (χ1v) is 25.4. The molecule has 180 valence electrons. The molecule has 31 heavy (non-hydrogen) atoms. The van der Waals surface area contributed by atoms with E-state index in [1.54, 1.807) is 21.3 Å².